The van der Waals surface area contributed by atoms with Crippen LogP contribution in [0.15, 0.2) is 60.8 Å². The van der Waals surface area contributed by atoms with Crippen LogP contribution in [-0.2, 0) is 6.18 Å². The zero-order chi connectivity index (χ0) is 21.2. The Morgan fingerprint density at radius 1 is 1.10 bits per heavy atom. The van der Waals surface area contributed by atoms with Crippen LogP contribution in [0.5, 0.6) is 0 Å². The summed E-state index contributed by atoms with van der Waals surface area (Å²) >= 11 is 0. The van der Waals surface area contributed by atoms with Crippen molar-refractivity contribution in [3.05, 3.63) is 87.7 Å². The lowest BCUT2D eigenvalue weighted by molar-refractivity contribution is -0.384. The van der Waals surface area contributed by atoms with Gasteiger partial charge in [0.2, 0.25) is 0 Å². The number of nitro benzene ring substituents is 1. The molecule has 3 aromatic rings. The van der Waals surface area contributed by atoms with E-state index in [4.69, 9.17) is 0 Å². The fourth-order valence-corrected chi connectivity index (χ4v) is 2.72. The number of carbonyl (C=O) groups is 1. The number of pyridine rings is 1. The molecule has 1 aromatic heterocycles. The predicted octanol–water partition coefficient (Wildman–Crippen LogP) is 5.24. The Morgan fingerprint density at radius 3 is 2.52 bits per heavy atom. The van der Waals surface area contributed by atoms with E-state index in [1.54, 1.807) is 19.1 Å². The average molecular weight is 401 g/mol. The van der Waals surface area contributed by atoms with E-state index in [0.29, 0.717) is 16.8 Å². The lowest BCUT2D eigenvalue weighted by Gasteiger charge is -2.11. The molecule has 1 amide bonds. The van der Waals surface area contributed by atoms with Gasteiger partial charge >= 0.3 is 6.18 Å². The molecule has 1 N–H and O–H groups in total. The maximum atomic E-state index is 12.8. The highest BCUT2D eigenvalue weighted by molar-refractivity contribution is 6.04. The van der Waals surface area contributed by atoms with Crippen LogP contribution in [-0.4, -0.2) is 15.8 Å². The van der Waals surface area contributed by atoms with E-state index in [1.807, 2.05) is 0 Å². The van der Waals surface area contributed by atoms with E-state index in [-0.39, 0.29) is 16.9 Å². The highest BCUT2D eigenvalue weighted by Gasteiger charge is 2.30. The van der Waals surface area contributed by atoms with Crippen molar-refractivity contribution in [1.82, 2.24) is 4.98 Å². The van der Waals surface area contributed by atoms with Crippen molar-refractivity contribution in [2.75, 3.05) is 5.32 Å². The largest absolute Gasteiger partial charge is 0.416 e. The minimum atomic E-state index is -4.56. The third kappa shape index (κ3) is 4.57. The molecule has 1 heterocycles. The third-order valence-corrected chi connectivity index (χ3v) is 4.16. The Kier molecular flexibility index (Phi) is 5.31. The maximum absolute atomic E-state index is 12.8. The van der Waals surface area contributed by atoms with E-state index >= 15 is 0 Å². The summed E-state index contributed by atoms with van der Waals surface area (Å²) in [4.78, 5) is 27.0. The van der Waals surface area contributed by atoms with Gasteiger partial charge in [-0.15, -0.1) is 0 Å². The number of nitrogens with zero attached hydrogens (tertiary/aromatic N) is 2. The molecule has 6 nitrogen and oxygen atoms in total. The average Bonchev–Trinajstić information content (AvgIpc) is 2.69. The van der Waals surface area contributed by atoms with E-state index in [9.17, 15) is 28.1 Å². The number of anilines is 1. The molecule has 0 fully saturated rings. The number of amides is 1. The summed E-state index contributed by atoms with van der Waals surface area (Å²) in [6.45, 7) is 1.70. The number of halogens is 3. The highest BCUT2D eigenvalue weighted by Crippen LogP contribution is 2.30. The van der Waals surface area contributed by atoms with E-state index in [1.165, 1.54) is 30.5 Å². The second kappa shape index (κ2) is 7.70. The standard InChI is InChI=1S/C20H14F3N3O3/c1-12-18(13-4-3-7-17(9-13)26(28)29)10-16(11-24-12)25-19(27)14-5-2-6-15(8-14)20(21,22)23/h2-11H,1H3,(H,25,27). The Balaban J connectivity index is 1.90. The Labute approximate surface area is 163 Å². The summed E-state index contributed by atoms with van der Waals surface area (Å²) in [5.74, 6) is -0.730. The van der Waals surface area contributed by atoms with Gasteiger partial charge in [-0.2, -0.15) is 13.2 Å². The van der Waals surface area contributed by atoms with Gasteiger partial charge < -0.3 is 5.32 Å². The maximum Gasteiger partial charge on any atom is 0.416 e. The smallest absolute Gasteiger partial charge is 0.321 e. The van der Waals surface area contributed by atoms with Crippen molar-refractivity contribution in [3.63, 3.8) is 0 Å². The van der Waals surface area contributed by atoms with Crippen LogP contribution in [0.4, 0.5) is 24.5 Å². The molecular formula is C20H14F3N3O3. The SMILES string of the molecule is Cc1ncc(NC(=O)c2cccc(C(F)(F)F)c2)cc1-c1cccc([N+](=O)[O-])c1. The number of carbonyl (C=O) groups excluding carboxylic acids is 1. The van der Waals surface area contributed by atoms with Crippen LogP contribution < -0.4 is 5.32 Å². The van der Waals surface area contributed by atoms with E-state index in [2.05, 4.69) is 10.3 Å². The van der Waals surface area contributed by atoms with E-state index in [0.717, 1.165) is 18.2 Å². The number of aryl methyl sites for hydroxylation is 1. The summed E-state index contributed by atoms with van der Waals surface area (Å²) in [7, 11) is 0. The zero-order valence-electron chi connectivity index (χ0n) is 15.0. The number of nitro groups is 1. The lowest BCUT2D eigenvalue weighted by atomic mass is 10.0. The number of hydrogen-bond acceptors (Lipinski definition) is 4. The number of alkyl halides is 3. The van der Waals surface area contributed by atoms with Gasteiger partial charge in [0.15, 0.2) is 0 Å². The van der Waals surface area contributed by atoms with Crippen molar-refractivity contribution in [3.8, 4) is 11.1 Å². The normalized spacial score (nSPS) is 11.2. The molecule has 148 valence electrons. The first kappa shape index (κ1) is 20.0. The fraction of sp³-hybridized carbons (Fsp3) is 0.100. The minimum absolute atomic E-state index is 0.0969. The molecule has 0 saturated carbocycles. The third-order valence-electron chi connectivity index (χ3n) is 4.16. The van der Waals surface area contributed by atoms with Crippen LogP contribution >= 0.6 is 0 Å². The summed E-state index contributed by atoms with van der Waals surface area (Å²) < 4.78 is 38.5. The molecule has 2 aromatic carbocycles. The number of nitrogens with one attached hydrogen (secondary N) is 1. The number of aromatic nitrogens is 1. The molecule has 0 aliphatic heterocycles. The Bertz CT molecular complexity index is 1100. The first-order valence-electron chi connectivity index (χ1n) is 8.35. The van der Waals surface area contributed by atoms with Gasteiger partial charge in [0.05, 0.1) is 22.4 Å². The Morgan fingerprint density at radius 2 is 1.83 bits per heavy atom. The van der Waals surface area contributed by atoms with Crippen molar-refractivity contribution < 1.29 is 22.9 Å². The molecular weight excluding hydrogens is 387 g/mol. The second-order valence-corrected chi connectivity index (χ2v) is 6.20. The van der Waals surface area contributed by atoms with Crippen molar-refractivity contribution >= 4 is 17.3 Å². The van der Waals surface area contributed by atoms with Gasteiger partial charge in [-0.3, -0.25) is 19.9 Å². The summed E-state index contributed by atoms with van der Waals surface area (Å²) in [5.41, 5.74) is 0.721. The van der Waals surface area contributed by atoms with Gasteiger partial charge in [-0.25, -0.2) is 0 Å². The molecule has 0 radical (unpaired) electrons. The molecule has 29 heavy (non-hydrogen) atoms. The molecule has 0 spiro atoms. The molecule has 3 rings (SSSR count). The molecule has 0 saturated heterocycles. The van der Waals surface area contributed by atoms with Crippen LogP contribution in [0.25, 0.3) is 11.1 Å². The quantitative estimate of drug-likeness (QED) is 0.479. The van der Waals surface area contributed by atoms with Gasteiger partial charge in [0.1, 0.15) is 0 Å². The second-order valence-electron chi connectivity index (χ2n) is 6.20. The zero-order valence-corrected chi connectivity index (χ0v) is 15.0. The number of rotatable bonds is 4. The van der Waals surface area contributed by atoms with Crippen molar-refractivity contribution in [1.29, 1.82) is 0 Å². The topological polar surface area (TPSA) is 85.1 Å². The van der Waals surface area contributed by atoms with Crippen LogP contribution in [0.2, 0.25) is 0 Å². The molecule has 0 unspecified atom stereocenters. The van der Waals surface area contributed by atoms with Gasteiger partial charge in [0.25, 0.3) is 11.6 Å². The monoisotopic (exact) mass is 401 g/mol. The van der Waals surface area contributed by atoms with Crippen LogP contribution in [0, 0.1) is 17.0 Å². The van der Waals surface area contributed by atoms with Gasteiger partial charge in [-0.1, -0.05) is 18.2 Å². The van der Waals surface area contributed by atoms with Crippen LogP contribution in [0.3, 0.4) is 0 Å². The minimum Gasteiger partial charge on any atom is -0.321 e. The molecule has 0 atom stereocenters. The first-order valence-corrected chi connectivity index (χ1v) is 8.35. The molecule has 0 bridgehead atoms. The Hall–Kier alpha value is -3.75. The summed E-state index contributed by atoms with van der Waals surface area (Å²) in [6, 6.07) is 11.5. The lowest BCUT2D eigenvalue weighted by Crippen LogP contribution is -2.14. The van der Waals surface area contributed by atoms with Crippen molar-refractivity contribution in [2.45, 2.75) is 13.1 Å². The van der Waals surface area contributed by atoms with Crippen LogP contribution in [0.1, 0.15) is 21.6 Å². The first-order chi connectivity index (χ1) is 13.6. The molecule has 9 heteroatoms. The predicted molar refractivity (Wildman–Crippen MR) is 100 cm³/mol. The molecule has 0 aliphatic carbocycles. The number of non-ortho nitro benzene ring substituents is 1. The fourth-order valence-electron chi connectivity index (χ4n) is 2.72. The number of benzene rings is 2. The summed E-state index contributed by atoms with van der Waals surface area (Å²) in [6.07, 6.45) is -3.20. The van der Waals surface area contributed by atoms with Gasteiger partial charge in [0, 0.05) is 29.0 Å². The molecule has 0 aliphatic rings. The highest BCUT2D eigenvalue weighted by atomic mass is 19.4. The van der Waals surface area contributed by atoms with Gasteiger partial charge in [-0.05, 0) is 36.8 Å². The van der Waals surface area contributed by atoms with E-state index < -0.39 is 22.6 Å². The number of hydrogen-bond donors (Lipinski definition) is 1. The summed E-state index contributed by atoms with van der Waals surface area (Å²) in [5, 5.41) is 13.5. The van der Waals surface area contributed by atoms with Crippen molar-refractivity contribution in [2.24, 2.45) is 0 Å².